The van der Waals surface area contributed by atoms with Crippen molar-refractivity contribution in [2.75, 3.05) is 36.3 Å². The van der Waals surface area contributed by atoms with Gasteiger partial charge in [0.1, 0.15) is 23.9 Å². The van der Waals surface area contributed by atoms with Crippen LogP contribution in [0.3, 0.4) is 0 Å². The lowest BCUT2D eigenvalue weighted by atomic mass is 9.92. The summed E-state index contributed by atoms with van der Waals surface area (Å²) in [5.74, 6) is 2.36. The van der Waals surface area contributed by atoms with Crippen molar-refractivity contribution in [1.29, 1.82) is 0 Å². The molecule has 284 valence electrons. The molecule has 0 fully saturated rings. The van der Waals surface area contributed by atoms with Crippen LogP contribution >= 0.6 is 11.6 Å². The lowest BCUT2D eigenvalue weighted by Crippen LogP contribution is -2.38. The Morgan fingerprint density at radius 2 is 1.78 bits per heavy atom. The molecule has 16 heteroatoms. The molecule has 3 aromatic carbocycles. The fraction of sp³-hybridized carbons (Fsp3) is 0.368. The average Bonchev–Trinajstić information content (AvgIpc) is 3.88. The number of rotatable bonds is 10. The number of aromatic nitrogens is 5. The Bertz CT molecular complexity index is 2320. The number of urea groups is 1. The molecule has 2 N–H and O–H groups in total. The quantitative estimate of drug-likeness (QED) is 0.152. The van der Waals surface area contributed by atoms with E-state index < -0.39 is 21.6 Å². The van der Waals surface area contributed by atoms with Gasteiger partial charge in [-0.15, -0.1) is 19.5 Å². The molecule has 1 aliphatic carbocycles. The Kier molecular flexibility index (Phi) is 10.2. The molecule has 0 unspecified atom stereocenters. The Balaban J connectivity index is 1.06. The second-order valence-corrected chi connectivity index (χ2v) is 16.7. The second-order valence-electron chi connectivity index (χ2n) is 14.7. The number of hydrogen-bond donors (Lipinski definition) is 2. The molecule has 0 radical (unpaired) electrons. The van der Waals surface area contributed by atoms with Crippen molar-refractivity contribution in [3.63, 3.8) is 0 Å². The zero-order chi connectivity index (χ0) is 38.4. The highest BCUT2D eigenvalue weighted by atomic mass is 35.5. The van der Waals surface area contributed by atoms with Crippen molar-refractivity contribution in [2.24, 2.45) is 0 Å². The molecule has 2 aromatic heterocycles. The lowest BCUT2D eigenvalue weighted by Gasteiger charge is -2.28. The summed E-state index contributed by atoms with van der Waals surface area (Å²) in [4.78, 5) is 16.3. The number of carbonyl (C=O) groups is 1. The van der Waals surface area contributed by atoms with Crippen LogP contribution in [0.1, 0.15) is 55.4 Å². The zero-order valence-electron chi connectivity index (χ0n) is 30.8. The van der Waals surface area contributed by atoms with Crippen LogP contribution in [0.25, 0.3) is 17.1 Å². The maximum absolute atomic E-state index is 14.0. The van der Waals surface area contributed by atoms with Crippen LogP contribution in [0, 0.1) is 6.92 Å². The summed E-state index contributed by atoms with van der Waals surface area (Å²) in [5.41, 5.74) is 4.95. The molecule has 14 nitrogen and oxygen atoms in total. The molecule has 0 bridgehead atoms. The monoisotopic (exact) mass is 774 g/mol. The van der Waals surface area contributed by atoms with Crippen LogP contribution in [0.15, 0.2) is 60.7 Å². The van der Waals surface area contributed by atoms with Crippen molar-refractivity contribution in [3.8, 4) is 28.6 Å². The number of hydroxylamine groups is 1. The highest BCUT2D eigenvalue weighted by Crippen LogP contribution is 2.37. The number of amides is 2. The van der Waals surface area contributed by atoms with Crippen molar-refractivity contribution < 1.29 is 27.3 Å². The maximum atomic E-state index is 14.0. The number of nitrogens with one attached hydrogen (secondary N) is 1. The van der Waals surface area contributed by atoms with Gasteiger partial charge in [-0.05, 0) is 79.8 Å². The Hall–Kier alpha value is -4.96. The van der Waals surface area contributed by atoms with Crippen LogP contribution in [0.2, 0.25) is 5.02 Å². The third-order valence-corrected chi connectivity index (χ3v) is 10.2. The van der Waals surface area contributed by atoms with Crippen LogP contribution in [0.5, 0.6) is 11.5 Å². The average molecular weight is 775 g/mol. The summed E-state index contributed by atoms with van der Waals surface area (Å²) < 4.78 is 40.3. The van der Waals surface area contributed by atoms with Gasteiger partial charge in [-0.2, -0.15) is 13.5 Å². The molecule has 0 spiro atoms. The smallest absolute Gasteiger partial charge is 0.353 e. The second kappa shape index (κ2) is 14.7. The third-order valence-electron chi connectivity index (χ3n) is 9.52. The molecule has 54 heavy (non-hydrogen) atoms. The first-order valence-electron chi connectivity index (χ1n) is 17.7. The first-order valence-corrected chi connectivity index (χ1v) is 19.9. The van der Waals surface area contributed by atoms with Gasteiger partial charge in [0, 0.05) is 41.8 Å². The molecule has 0 saturated carbocycles. The van der Waals surface area contributed by atoms with Gasteiger partial charge in [0.2, 0.25) is 0 Å². The first kappa shape index (κ1) is 37.4. The SMILES string of the molecule is Cc1ccc(-n2nc(C(C)(C)C)cc2N(OS(C)(=O)=O)C(=O)Nc2ccc(OCCN3CCn4c(nnc4-c4cc(Cl)ccc4O)C3)c3c2CCC3)cc1. The van der Waals surface area contributed by atoms with Gasteiger partial charge in [-0.3, -0.25) is 4.90 Å². The van der Waals surface area contributed by atoms with Gasteiger partial charge in [0.05, 0.1) is 29.7 Å². The van der Waals surface area contributed by atoms with Crippen LogP contribution < -0.4 is 15.1 Å². The van der Waals surface area contributed by atoms with Crippen LogP contribution in [-0.2, 0) is 45.7 Å². The molecule has 3 heterocycles. The Morgan fingerprint density at radius 3 is 2.52 bits per heavy atom. The molecule has 2 amide bonds. The number of ether oxygens (including phenoxy) is 1. The van der Waals surface area contributed by atoms with E-state index in [0.717, 1.165) is 65.4 Å². The van der Waals surface area contributed by atoms with Gasteiger partial charge < -0.3 is 19.7 Å². The van der Waals surface area contributed by atoms with Gasteiger partial charge in [-0.1, -0.05) is 50.1 Å². The minimum atomic E-state index is -4.13. The van der Waals surface area contributed by atoms with Gasteiger partial charge in [0.25, 0.3) is 10.1 Å². The molecule has 7 rings (SSSR count). The number of aryl methyl sites for hydroxylation is 1. The highest BCUT2D eigenvalue weighted by Gasteiger charge is 2.31. The normalized spacial score (nSPS) is 14.5. The summed E-state index contributed by atoms with van der Waals surface area (Å²) >= 11 is 6.17. The number of fused-ring (bicyclic) bond motifs is 2. The number of phenols is 1. The summed E-state index contributed by atoms with van der Waals surface area (Å²) in [5, 5.41) is 28.0. The van der Waals surface area contributed by atoms with E-state index in [1.165, 1.54) is 4.68 Å². The van der Waals surface area contributed by atoms with Crippen LogP contribution in [-0.4, -0.2) is 75.0 Å². The number of halogens is 1. The summed E-state index contributed by atoms with van der Waals surface area (Å²) in [6, 6.07) is 16.9. The van der Waals surface area contributed by atoms with Crippen molar-refractivity contribution in [2.45, 2.75) is 65.5 Å². The fourth-order valence-electron chi connectivity index (χ4n) is 6.73. The van der Waals surface area contributed by atoms with Crippen molar-refractivity contribution >= 4 is 39.3 Å². The van der Waals surface area contributed by atoms with E-state index in [2.05, 4.69) is 20.4 Å². The van der Waals surface area contributed by atoms with E-state index in [4.69, 9.17) is 25.7 Å². The molecule has 0 saturated heterocycles. The molecular weight excluding hydrogens is 732 g/mol. The van der Waals surface area contributed by atoms with Gasteiger partial charge in [0.15, 0.2) is 11.6 Å². The molecular formula is C38H43ClN8O6S. The molecule has 1 aliphatic heterocycles. The minimum absolute atomic E-state index is 0.100. The lowest BCUT2D eigenvalue weighted by molar-refractivity contribution is 0.174. The van der Waals surface area contributed by atoms with E-state index >= 15 is 0 Å². The van der Waals surface area contributed by atoms with Gasteiger partial charge >= 0.3 is 6.03 Å². The fourth-order valence-corrected chi connectivity index (χ4v) is 7.32. The predicted octanol–water partition coefficient (Wildman–Crippen LogP) is 6.41. The third kappa shape index (κ3) is 7.94. The zero-order valence-corrected chi connectivity index (χ0v) is 32.4. The molecule has 2 aliphatic rings. The van der Waals surface area contributed by atoms with E-state index in [9.17, 15) is 18.3 Å². The number of aromatic hydroxyl groups is 1. The number of anilines is 2. The number of phenolic OH excluding ortho intramolecular Hbond substituents is 1. The topological polar surface area (TPSA) is 157 Å². The standard InChI is InChI=1S/C38H43ClN8O6S/c1-24-9-12-26(13-10-24)46-35(22-33(43-46)38(2,3)4)47(53-54(5,50)51)37(49)40-30-14-16-32(28-8-6-7-27(28)30)52-20-19-44-17-18-45-34(23-44)41-42-36(45)29-21-25(39)11-15-31(29)48/h9-16,21-22,48H,6-8,17-20,23H2,1-5H3,(H,40,49). The number of carbonyl (C=O) groups excluding carboxylic acids is 1. The Labute approximate surface area is 319 Å². The largest absolute Gasteiger partial charge is 0.507 e. The first-order chi connectivity index (χ1) is 25.6. The minimum Gasteiger partial charge on any atom is -0.507 e. The van der Waals surface area contributed by atoms with E-state index in [1.54, 1.807) is 30.3 Å². The Morgan fingerprint density at radius 1 is 1.02 bits per heavy atom. The van der Waals surface area contributed by atoms with E-state index in [-0.39, 0.29) is 11.6 Å². The molecule has 5 aromatic rings. The number of nitrogens with zero attached hydrogens (tertiary/aromatic N) is 7. The summed E-state index contributed by atoms with van der Waals surface area (Å²) in [7, 11) is -4.13. The number of hydrogen-bond acceptors (Lipinski definition) is 10. The van der Waals surface area contributed by atoms with Crippen molar-refractivity contribution in [1.82, 2.24) is 29.4 Å². The molecule has 0 atom stereocenters. The highest BCUT2D eigenvalue weighted by molar-refractivity contribution is 7.86. The van der Waals surface area contributed by atoms with E-state index in [0.29, 0.717) is 59.7 Å². The summed E-state index contributed by atoms with van der Waals surface area (Å²) in [6.45, 7) is 11.0. The predicted molar refractivity (Wildman–Crippen MR) is 206 cm³/mol. The van der Waals surface area contributed by atoms with E-state index in [1.807, 2.05) is 62.6 Å². The van der Waals surface area contributed by atoms with Crippen molar-refractivity contribution in [3.05, 3.63) is 93.9 Å². The van der Waals surface area contributed by atoms with Gasteiger partial charge in [-0.25, -0.2) is 9.48 Å². The van der Waals surface area contributed by atoms with Crippen LogP contribution in [0.4, 0.5) is 16.3 Å². The maximum Gasteiger partial charge on any atom is 0.353 e. The number of benzene rings is 3. The summed E-state index contributed by atoms with van der Waals surface area (Å²) in [6.07, 6.45) is 3.27.